The van der Waals surface area contributed by atoms with Gasteiger partial charge in [-0.15, -0.1) is 0 Å². The van der Waals surface area contributed by atoms with E-state index >= 15 is 0 Å². The predicted molar refractivity (Wildman–Crippen MR) is 38.5 cm³/mol. The molecule has 0 heterocycles. The van der Waals surface area contributed by atoms with E-state index in [0.29, 0.717) is 6.04 Å². The van der Waals surface area contributed by atoms with Crippen molar-refractivity contribution < 1.29 is 5.21 Å². The first-order valence-corrected chi connectivity index (χ1v) is 3.72. The molecule has 0 unspecified atom stereocenters. The summed E-state index contributed by atoms with van der Waals surface area (Å²) < 4.78 is 0. The van der Waals surface area contributed by atoms with Crippen molar-refractivity contribution in [1.29, 1.82) is 0 Å². The molecular weight excluding hydrogens is 128 g/mol. The highest BCUT2D eigenvalue weighted by Gasteiger charge is 2.10. The van der Waals surface area contributed by atoms with Gasteiger partial charge in [-0.25, -0.2) is 4.99 Å². The molecular formula is C7H12N2O. The van der Waals surface area contributed by atoms with Crippen molar-refractivity contribution in [3.8, 4) is 0 Å². The summed E-state index contributed by atoms with van der Waals surface area (Å²) in [5.41, 5.74) is 0. The van der Waals surface area contributed by atoms with Gasteiger partial charge >= 0.3 is 0 Å². The first-order valence-electron chi connectivity index (χ1n) is 3.72. The molecule has 0 aromatic heterocycles. The molecule has 1 fully saturated rings. The fraction of sp³-hybridized carbons (Fsp3) is 0.857. The molecule has 0 aromatic rings. The van der Waals surface area contributed by atoms with Crippen molar-refractivity contribution in [1.82, 2.24) is 0 Å². The lowest BCUT2D eigenvalue weighted by atomic mass is 9.96. The molecule has 0 amide bonds. The Labute approximate surface area is 60.5 Å². The molecule has 0 bridgehead atoms. The van der Waals surface area contributed by atoms with Crippen molar-refractivity contribution in [2.24, 2.45) is 10.1 Å². The molecule has 0 aliphatic heterocycles. The Kier molecular flexibility index (Phi) is 2.97. The largest absolute Gasteiger partial charge is 0.403 e. The standard InChI is InChI=1S/C7H12N2O/c10-9-6-8-7-4-2-1-3-5-7/h7,10H,1-5H2. The lowest BCUT2D eigenvalue weighted by Gasteiger charge is -2.15. The monoisotopic (exact) mass is 140 g/mol. The summed E-state index contributed by atoms with van der Waals surface area (Å²) in [6, 6.07) is 2.59. The summed E-state index contributed by atoms with van der Waals surface area (Å²) in [6.07, 6.45) is 6.08. The van der Waals surface area contributed by atoms with Crippen LogP contribution in [0, 0.1) is 0 Å². The first-order chi connectivity index (χ1) is 4.93. The molecule has 1 N–H and O–H groups in total. The second-order valence-corrected chi connectivity index (χ2v) is 2.62. The van der Waals surface area contributed by atoms with Crippen LogP contribution in [0.2, 0.25) is 0 Å². The zero-order chi connectivity index (χ0) is 7.23. The molecule has 0 spiro atoms. The van der Waals surface area contributed by atoms with E-state index in [9.17, 15) is 0 Å². The van der Waals surface area contributed by atoms with E-state index in [0.717, 1.165) is 12.8 Å². The van der Waals surface area contributed by atoms with Crippen molar-refractivity contribution >= 4 is 6.01 Å². The predicted octanol–water partition coefficient (Wildman–Crippen LogP) is 1.88. The fourth-order valence-electron chi connectivity index (χ4n) is 1.32. The molecule has 3 nitrogen and oxygen atoms in total. The Morgan fingerprint density at radius 3 is 2.50 bits per heavy atom. The van der Waals surface area contributed by atoms with Crippen LogP contribution in [0.3, 0.4) is 0 Å². The number of hydrogen-bond acceptors (Lipinski definition) is 3. The van der Waals surface area contributed by atoms with Crippen LogP contribution in [0.25, 0.3) is 0 Å². The van der Waals surface area contributed by atoms with Gasteiger partial charge in [0.05, 0.1) is 6.04 Å². The van der Waals surface area contributed by atoms with Crippen LogP contribution in [-0.2, 0) is 0 Å². The molecule has 1 aliphatic carbocycles. The highest BCUT2D eigenvalue weighted by Crippen LogP contribution is 2.19. The normalized spacial score (nSPS) is 19.6. The molecule has 10 heavy (non-hydrogen) atoms. The Bertz CT molecular complexity index is 144. The maximum atomic E-state index is 8.02. The van der Waals surface area contributed by atoms with E-state index in [1.165, 1.54) is 19.3 Å². The van der Waals surface area contributed by atoms with Crippen LogP contribution in [-0.4, -0.2) is 17.3 Å². The van der Waals surface area contributed by atoms with E-state index in [2.05, 4.69) is 16.2 Å². The summed E-state index contributed by atoms with van der Waals surface area (Å²) in [5, 5.41) is 10.7. The van der Waals surface area contributed by atoms with E-state index < -0.39 is 0 Å². The van der Waals surface area contributed by atoms with Gasteiger partial charge in [0.25, 0.3) is 0 Å². The summed E-state index contributed by atoms with van der Waals surface area (Å²) in [4.78, 5) is 3.94. The maximum absolute atomic E-state index is 8.02. The topological polar surface area (TPSA) is 45.0 Å². The molecule has 0 atom stereocenters. The van der Waals surface area contributed by atoms with Gasteiger partial charge in [0.2, 0.25) is 0 Å². The first kappa shape index (κ1) is 7.29. The van der Waals surface area contributed by atoms with Gasteiger partial charge in [0, 0.05) is 0 Å². The summed E-state index contributed by atoms with van der Waals surface area (Å²) >= 11 is 0. The summed E-state index contributed by atoms with van der Waals surface area (Å²) in [7, 11) is 0. The molecule has 1 saturated carbocycles. The van der Waals surface area contributed by atoms with E-state index in [1.807, 2.05) is 0 Å². The minimum atomic E-state index is 0.365. The second kappa shape index (κ2) is 4.07. The number of rotatable bonds is 1. The van der Waals surface area contributed by atoms with Crippen LogP contribution in [0.1, 0.15) is 32.1 Å². The quantitative estimate of drug-likeness (QED) is 0.337. The molecule has 1 aliphatic rings. The average Bonchev–Trinajstić information content (AvgIpc) is 2.03. The van der Waals surface area contributed by atoms with Crippen LogP contribution in [0.5, 0.6) is 0 Å². The zero-order valence-corrected chi connectivity index (χ0v) is 5.95. The van der Waals surface area contributed by atoms with E-state index in [1.54, 1.807) is 0 Å². The number of aliphatic imine (C=N–C) groups is 1. The van der Waals surface area contributed by atoms with E-state index in [-0.39, 0.29) is 0 Å². The zero-order valence-electron chi connectivity index (χ0n) is 5.95. The minimum absolute atomic E-state index is 0.365. The van der Waals surface area contributed by atoms with Crippen LogP contribution in [0.15, 0.2) is 10.1 Å². The average molecular weight is 140 g/mol. The smallest absolute Gasteiger partial charge is 0.135 e. The lowest BCUT2D eigenvalue weighted by molar-refractivity contribution is 0.321. The molecule has 0 saturated heterocycles. The molecule has 56 valence electrons. The highest BCUT2D eigenvalue weighted by atomic mass is 16.4. The van der Waals surface area contributed by atoms with Crippen molar-refractivity contribution in [3.63, 3.8) is 0 Å². The Morgan fingerprint density at radius 1 is 1.20 bits per heavy atom. The Hall–Kier alpha value is -0.820. The molecule has 0 aromatic carbocycles. The van der Waals surface area contributed by atoms with Crippen LogP contribution in [0.4, 0.5) is 0 Å². The third kappa shape index (κ3) is 2.19. The SMILES string of the molecule is ON=C=NC1CCCCC1. The van der Waals surface area contributed by atoms with Crippen molar-refractivity contribution in [2.45, 2.75) is 38.1 Å². The molecule has 0 radical (unpaired) electrons. The maximum Gasteiger partial charge on any atom is 0.135 e. The third-order valence-electron chi connectivity index (χ3n) is 1.86. The summed E-state index contributed by atoms with van der Waals surface area (Å²) in [5.74, 6) is 0. The van der Waals surface area contributed by atoms with Gasteiger partial charge in [-0.3, -0.25) is 0 Å². The van der Waals surface area contributed by atoms with E-state index in [4.69, 9.17) is 5.21 Å². The van der Waals surface area contributed by atoms with Crippen molar-refractivity contribution in [2.75, 3.05) is 0 Å². The van der Waals surface area contributed by atoms with Gasteiger partial charge in [-0.05, 0) is 18.0 Å². The Balaban J connectivity index is 2.32. The van der Waals surface area contributed by atoms with Gasteiger partial charge < -0.3 is 5.21 Å². The lowest BCUT2D eigenvalue weighted by Crippen LogP contribution is -2.08. The van der Waals surface area contributed by atoms with Gasteiger partial charge in [0.1, 0.15) is 6.01 Å². The van der Waals surface area contributed by atoms with Crippen LogP contribution < -0.4 is 0 Å². The van der Waals surface area contributed by atoms with Gasteiger partial charge in [-0.1, -0.05) is 19.3 Å². The summed E-state index contributed by atoms with van der Waals surface area (Å²) in [6.45, 7) is 0. The van der Waals surface area contributed by atoms with Gasteiger partial charge in [0.15, 0.2) is 0 Å². The minimum Gasteiger partial charge on any atom is -0.403 e. The fourth-order valence-corrected chi connectivity index (χ4v) is 1.32. The third-order valence-corrected chi connectivity index (χ3v) is 1.86. The molecule has 1 rings (SSSR count). The number of hydrogen-bond donors (Lipinski definition) is 1. The molecule has 3 heteroatoms. The Morgan fingerprint density at radius 2 is 1.90 bits per heavy atom. The number of nitrogens with zero attached hydrogens (tertiary/aromatic N) is 2. The van der Waals surface area contributed by atoms with Crippen LogP contribution >= 0.6 is 0 Å². The van der Waals surface area contributed by atoms with Gasteiger partial charge in [-0.2, -0.15) is 0 Å². The second-order valence-electron chi connectivity index (χ2n) is 2.62. The highest BCUT2D eigenvalue weighted by molar-refractivity contribution is 5.40. The van der Waals surface area contributed by atoms with Crippen molar-refractivity contribution in [3.05, 3.63) is 0 Å².